The minimum absolute atomic E-state index is 0.150. The third-order valence-electron chi connectivity index (χ3n) is 2.29. The molecule has 0 aliphatic heterocycles. The molecule has 0 aliphatic carbocycles. The van der Waals surface area contributed by atoms with E-state index in [2.05, 4.69) is 26.2 Å². The van der Waals surface area contributed by atoms with Crippen LogP contribution in [0.2, 0.25) is 0 Å². The van der Waals surface area contributed by atoms with Gasteiger partial charge in [-0.05, 0) is 18.2 Å². The van der Waals surface area contributed by atoms with Crippen molar-refractivity contribution in [1.29, 1.82) is 0 Å². The van der Waals surface area contributed by atoms with Crippen molar-refractivity contribution in [1.82, 2.24) is 4.98 Å². The number of nitrogens with one attached hydrogen (secondary N) is 1. The minimum Gasteiger partial charge on any atom is -0.302 e. The Morgan fingerprint density at radius 2 is 2.16 bits per heavy atom. The van der Waals surface area contributed by atoms with Crippen molar-refractivity contribution in [3.63, 3.8) is 0 Å². The van der Waals surface area contributed by atoms with Crippen LogP contribution in [0.3, 0.4) is 0 Å². The molecule has 0 saturated heterocycles. The van der Waals surface area contributed by atoms with Crippen LogP contribution in [0, 0.1) is 11.6 Å². The molecule has 0 radical (unpaired) electrons. The molecule has 0 saturated carbocycles. The number of hydrogen-bond acceptors (Lipinski definition) is 3. The molecule has 1 aromatic carbocycles. The van der Waals surface area contributed by atoms with Crippen LogP contribution in [-0.4, -0.2) is 16.2 Å². The predicted octanol–water partition coefficient (Wildman–Crippen LogP) is 3.81. The molecule has 0 bridgehead atoms. The van der Waals surface area contributed by atoms with Crippen LogP contribution in [0.4, 0.5) is 13.9 Å². The molecule has 0 unspecified atom stereocenters. The Labute approximate surface area is 120 Å². The van der Waals surface area contributed by atoms with Crippen LogP contribution < -0.4 is 5.32 Å². The van der Waals surface area contributed by atoms with E-state index in [-0.39, 0.29) is 5.91 Å². The van der Waals surface area contributed by atoms with Crippen molar-refractivity contribution in [3.05, 3.63) is 35.2 Å². The lowest BCUT2D eigenvalue weighted by Crippen LogP contribution is -2.11. The van der Waals surface area contributed by atoms with Crippen molar-refractivity contribution in [2.45, 2.75) is 6.42 Å². The minimum atomic E-state index is -0.921. The average Bonchev–Trinajstić information content (AvgIpc) is 2.81. The normalized spacial score (nSPS) is 10.5. The first-order valence-corrected chi connectivity index (χ1v) is 7.37. The Kier molecular flexibility index (Phi) is 4.60. The monoisotopic (exact) mass is 346 g/mol. The van der Waals surface area contributed by atoms with Gasteiger partial charge in [0.05, 0.1) is 5.69 Å². The number of amides is 1. The molecule has 7 heteroatoms. The quantitative estimate of drug-likeness (QED) is 0.855. The Morgan fingerprint density at radius 1 is 1.37 bits per heavy atom. The summed E-state index contributed by atoms with van der Waals surface area (Å²) in [6.07, 6.45) is 0.347. The van der Waals surface area contributed by atoms with Crippen LogP contribution >= 0.6 is 27.3 Å². The molecule has 1 amide bonds. The largest absolute Gasteiger partial charge is 0.302 e. The third kappa shape index (κ3) is 3.57. The van der Waals surface area contributed by atoms with E-state index in [1.807, 2.05) is 0 Å². The Hall–Kier alpha value is -1.34. The molecule has 1 aromatic heterocycles. The molecule has 2 rings (SSSR count). The number of hydrogen-bond donors (Lipinski definition) is 1. The molecule has 3 nitrogen and oxygen atoms in total. The summed E-state index contributed by atoms with van der Waals surface area (Å²) in [5.41, 5.74) is 0.967. The Bertz CT molecular complexity index is 603. The molecule has 1 heterocycles. The molecular formula is C12H9BrF2N2OS. The maximum atomic E-state index is 13.1. The summed E-state index contributed by atoms with van der Waals surface area (Å²) in [5.74, 6) is -1.97. The van der Waals surface area contributed by atoms with Gasteiger partial charge in [-0.1, -0.05) is 15.9 Å². The van der Waals surface area contributed by atoms with Gasteiger partial charge < -0.3 is 5.32 Å². The van der Waals surface area contributed by atoms with Gasteiger partial charge in [-0.15, -0.1) is 11.3 Å². The summed E-state index contributed by atoms with van der Waals surface area (Å²) in [6, 6.07) is 3.57. The SMILES string of the molecule is O=C(CCBr)Nc1nc(-c2ccc(F)c(F)c2)cs1. The van der Waals surface area contributed by atoms with Crippen LogP contribution in [0.5, 0.6) is 0 Å². The molecule has 1 N–H and O–H groups in total. The number of anilines is 1. The fourth-order valence-electron chi connectivity index (χ4n) is 1.39. The van der Waals surface area contributed by atoms with Gasteiger partial charge in [-0.25, -0.2) is 13.8 Å². The van der Waals surface area contributed by atoms with Gasteiger partial charge in [0.25, 0.3) is 0 Å². The van der Waals surface area contributed by atoms with E-state index in [1.54, 1.807) is 5.38 Å². The first-order valence-electron chi connectivity index (χ1n) is 5.37. The molecule has 19 heavy (non-hydrogen) atoms. The number of carbonyl (C=O) groups excluding carboxylic acids is 1. The number of nitrogens with zero attached hydrogens (tertiary/aromatic N) is 1. The van der Waals surface area contributed by atoms with E-state index >= 15 is 0 Å². The van der Waals surface area contributed by atoms with E-state index in [4.69, 9.17) is 0 Å². The lowest BCUT2D eigenvalue weighted by molar-refractivity contribution is -0.115. The second-order valence-electron chi connectivity index (χ2n) is 3.65. The molecule has 0 spiro atoms. The molecule has 0 atom stereocenters. The van der Waals surface area contributed by atoms with Gasteiger partial charge in [0, 0.05) is 22.7 Å². The van der Waals surface area contributed by atoms with Crippen molar-refractivity contribution < 1.29 is 13.6 Å². The number of benzene rings is 1. The molecule has 0 fully saturated rings. The summed E-state index contributed by atoms with van der Waals surface area (Å²) in [4.78, 5) is 15.5. The topological polar surface area (TPSA) is 42.0 Å². The highest BCUT2D eigenvalue weighted by Crippen LogP contribution is 2.26. The summed E-state index contributed by atoms with van der Waals surface area (Å²) < 4.78 is 25.9. The van der Waals surface area contributed by atoms with E-state index in [0.717, 1.165) is 12.1 Å². The van der Waals surface area contributed by atoms with Crippen molar-refractivity contribution >= 4 is 38.3 Å². The smallest absolute Gasteiger partial charge is 0.226 e. The molecule has 2 aromatic rings. The van der Waals surface area contributed by atoms with E-state index in [0.29, 0.717) is 28.1 Å². The zero-order chi connectivity index (χ0) is 13.8. The van der Waals surface area contributed by atoms with Crippen LogP contribution in [-0.2, 0) is 4.79 Å². The lowest BCUT2D eigenvalue weighted by Gasteiger charge is -1.99. The van der Waals surface area contributed by atoms with Crippen LogP contribution in [0.15, 0.2) is 23.6 Å². The fourth-order valence-corrected chi connectivity index (χ4v) is 2.48. The summed E-state index contributed by atoms with van der Waals surface area (Å²) >= 11 is 4.40. The van der Waals surface area contributed by atoms with E-state index in [1.165, 1.54) is 17.4 Å². The first kappa shape index (κ1) is 14.1. The number of thiazole rings is 1. The average molecular weight is 347 g/mol. The standard InChI is InChI=1S/C12H9BrF2N2OS/c13-4-3-11(18)17-12-16-10(6-19-12)7-1-2-8(14)9(15)5-7/h1-2,5-6H,3-4H2,(H,16,17,18). The predicted molar refractivity (Wildman–Crippen MR) is 74.5 cm³/mol. The second kappa shape index (κ2) is 6.21. The number of rotatable bonds is 4. The van der Waals surface area contributed by atoms with Crippen molar-refractivity contribution in [3.8, 4) is 11.3 Å². The highest BCUT2D eigenvalue weighted by atomic mass is 79.9. The first-order chi connectivity index (χ1) is 9.10. The lowest BCUT2D eigenvalue weighted by atomic mass is 10.2. The number of aromatic nitrogens is 1. The van der Waals surface area contributed by atoms with Gasteiger partial charge in [-0.2, -0.15) is 0 Å². The highest BCUT2D eigenvalue weighted by Gasteiger charge is 2.09. The second-order valence-corrected chi connectivity index (χ2v) is 5.31. The van der Waals surface area contributed by atoms with E-state index < -0.39 is 11.6 Å². The van der Waals surface area contributed by atoms with Gasteiger partial charge in [0.2, 0.25) is 5.91 Å². The zero-order valence-corrected chi connectivity index (χ0v) is 12.0. The van der Waals surface area contributed by atoms with Gasteiger partial charge in [-0.3, -0.25) is 4.79 Å². The number of alkyl halides is 1. The van der Waals surface area contributed by atoms with Gasteiger partial charge in [0.15, 0.2) is 16.8 Å². The molecular weight excluding hydrogens is 338 g/mol. The maximum Gasteiger partial charge on any atom is 0.226 e. The van der Waals surface area contributed by atoms with Crippen LogP contribution in [0.1, 0.15) is 6.42 Å². The fraction of sp³-hybridized carbons (Fsp3) is 0.167. The van der Waals surface area contributed by atoms with Crippen molar-refractivity contribution in [2.75, 3.05) is 10.6 Å². The van der Waals surface area contributed by atoms with Crippen LogP contribution in [0.25, 0.3) is 11.3 Å². The maximum absolute atomic E-state index is 13.1. The Balaban J connectivity index is 2.16. The summed E-state index contributed by atoms with van der Waals surface area (Å²) in [6.45, 7) is 0. The number of carbonyl (C=O) groups is 1. The van der Waals surface area contributed by atoms with E-state index in [9.17, 15) is 13.6 Å². The molecule has 100 valence electrons. The van der Waals surface area contributed by atoms with Crippen molar-refractivity contribution in [2.24, 2.45) is 0 Å². The highest BCUT2D eigenvalue weighted by molar-refractivity contribution is 9.09. The third-order valence-corrected chi connectivity index (χ3v) is 3.44. The zero-order valence-electron chi connectivity index (χ0n) is 9.62. The van der Waals surface area contributed by atoms with Gasteiger partial charge in [0.1, 0.15) is 0 Å². The summed E-state index contributed by atoms with van der Waals surface area (Å²) in [5, 5.41) is 5.31. The van der Waals surface area contributed by atoms with Gasteiger partial charge >= 0.3 is 0 Å². The Morgan fingerprint density at radius 3 is 2.84 bits per heavy atom. The molecule has 0 aliphatic rings. The summed E-state index contributed by atoms with van der Waals surface area (Å²) in [7, 11) is 0. The number of halogens is 3.